The second kappa shape index (κ2) is 8.32. The molecular weight excluding hydrogens is 346 g/mol. The summed E-state index contributed by atoms with van der Waals surface area (Å²) in [5.41, 5.74) is 1.15. The van der Waals surface area contributed by atoms with Crippen LogP contribution in [0.5, 0.6) is 0 Å². The molecule has 0 aromatic heterocycles. The van der Waals surface area contributed by atoms with E-state index < -0.39 is 5.97 Å². The van der Waals surface area contributed by atoms with E-state index in [4.69, 9.17) is 5.11 Å². The van der Waals surface area contributed by atoms with E-state index in [0.717, 1.165) is 42.3 Å². The molecule has 1 N–H and O–H groups in total. The SMILES string of the molecule is O=C(O)CCC1CCCCN1C(=O)CCc1ccc(Br)cc1. The van der Waals surface area contributed by atoms with E-state index in [1.54, 1.807) is 0 Å². The summed E-state index contributed by atoms with van der Waals surface area (Å²) in [6.07, 6.45) is 4.96. The van der Waals surface area contributed by atoms with Crippen molar-refractivity contribution in [3.63, 3.8) is 0 Å². The van der Waals surface area contributed by atoms with Gasteiger partial charge in [0.25, 0.3) is 0 Å². The summed E-state index contributed by atoms with van der Waals surface area (Å²) in [6.45, 7) is 0.767. The first-order valence-corrected chi connectivity index (χ1v) is 8.61. The zero-order chi connectivity index (χ0) is 15.9. The Bertz CT molecular complexity index is 515. The van der Waals surface area contributed by atoms with Gasteiger partial charge in [0, 0.05) is 29.9 Å². The number of halogens is 1. The van der Waals surface area contributed by atoms with Crippen LogP contribution >= 0.6 is 15.9 Å². The van der Waals surface area contributed by atoms with Gasteiger partial charge in [0.15, 0.2) is 0 Å². The molecule has 1 amide bonds. The van der Waals surface area contributed by atoms with E-state index in [-0.39, 0.29) is 18.4 Å². The molecule has 1 aromatic carbocycles. The maximum atomic E-state index is 12.5. The first kappa shape index (κ1) is 17.0. The van der Waals surface area contributed by atoms with E-state index in [1.165, 1.54) is 0 Å². The molecule has 0 saturated carbocycles. The lowest BCUT2D eigenvalue weighted by Crippen LogP contribution is -2.44. The Labute approximate surface area is 139 Å². The summed E-state index contributed by atoms with van der Waals surface area (Å²) in [5, 5.41) is 8.84. The van der Waals surface area contributed by atoms with Gasteiger partial charge in [-0.1, -0.05) is 28.1 Å². The second-order valence-electron chi connectivity index (χ2n) is 5.80. The Morgan fingerprint density at radius 3 is 2.59 bits per heavy atom. The minimum atomic E-state index is -0.784. The van der Waals surface area contributed by atoms with Crippen molar-refractivity contribution in [3.8, 4) is 0 Å². The van der Waals surface area contributed by atoms with Gasteiger partial charge in [0.05, 0.1) is 0 Å². The molecule has 0 radical (unpaired) electrons. The van der Waals surface area contributed by atoms with Crippen LogP contribution in [0.1, 0.15) is 44.1 Å². The van der Waals surface area contributed by atoms with Gasteiger partial charge in [0.1, 0.15) is 0 Å². The number of benzene rings is 1. The summed E-state index contributed by atoms with van der Waals surface area (Å²) in [4.78, 5) is 25.1. The second-order valence-corrected chi connectivity index (χ2v) is 6.71. The van der Waals surface area contributed by atoms with Crippen LogP contribution in [0.15, 0.2) is 28.7 Å². The zero-order valence-electron chi connectivity index (χ0n) is 12.6. The smallest absolute Gasteiger partial charge is 0.303 e. The monoisotopic (exact) mass is 367 g/mol. The van der Waals surface area contributed by atoms with Gasteiger partial charge in [-0.15, -0.1) is 0 Å². The summed E-state index contributed by atoms with van der Waals surface area (Å²) in [7, 11) is 0. The molecule has 1 fully saturated rings. The molecule has 0 aliphatic carbocycles. The number of aliphatic carboxylic acids is 1. The number of likely N-dealkylation sites (tertiary alicyclic amines) is 1. The largest absolute Gasteiger partial charge is 0.481 e. The summed E-state index contributed by atoms with van der Waals surface area (Å²) >= 11 is 3.40. The number of hydrogen-bond acceptors (Lipinski definition) is 2. The van der Waals surface area contributed by atoms with Crippen LogP contribution in [0.3, 0.4) is 0 Å². The van der Waals surface area contributed by atoms with Crippen LogP contribution in [0.4, 0.5) is 0 Å². The molecule has 1 unspecified atom stereocenters. The van der Waals surface area contributed by atoms with Crippen molar-refractivity contribution >= 4 is 27.8 Å². The number of piperidine rings is 1. The molecule has 0 bridgehead atoms. The highest BCUT2D eigenvalue weighted by molar-refractivity contribution is 9.10. The van der Waals surface area contributed by atoms with Crippen LogP contribution < -0.4 is 0 Å². The predicted octanol–water partition coefficient (Wildman–Crippen LogP) is 3.63. The third-order valence-electron chi connectivity index (χ3n) is 4.18. The molecule has 0 spiro atoms. The molecule has 1 saturated heterocycles. The molecule has 4 nitrogen and oxygen atoms in total. The Morgan fingerprint density at radius 2 is 1.91 bits per heavy atom. The highest BCUT2D eigenvalue weighted by Gasteiger charge is 2.26. The minimum absolute atomic E-state index is 0.0993. The Morgan fingerprint density at radius 1 is 1.18 bits per heavy atom. The lowest BCUT2D eigenvalue weighted by atomic mass is 9.97. The molecule has 1 aliphatic heterocycles. The number of carbonyl (C=O) groups excluding carboxylic acids is 1. The zero-order valence-corrected chi connectivity index (χ0v) is 14.2. The first-order valence-electron chi connectivity index (χ1n) is 7.82. The van der Waals surface area contributed by atoms with Crippen LogP contribution in [0.2, 0.25) is 0 Å². The lowest BCUT2D eigenvalue weighted by Gasteiger charge is -2.35. The van der Waals surface area contributed by atoms with Crippen molar-refractivity contribution in [1.82, 2.24) is 4.90 Å². The van der Waals surface area contributed by atoms with Crippen molar-refractivity contribution in [1.29, 1.82) is 0 Å². The Kier molecular flexibility index (Phi) is 6.43. The number of amides is 1. The quantitative estimate of drug-likeness (QED) is 0.834. The topological polar surface area (TPSA) is 57.6 Å². The molecular formula is C17H22BrNO3. The molecule has 2 rings (SSSR count). The standard InChI is InChI=1S/C17H22BrNO3/c18-14-7-4-13(5-8-14)6-10-16(20)19-12-2-1-3-15(19)9-11-17(21)22/h4-5,7-8,15H,1-3,6,9-12H2,(H,21,22). The van der Waals surface area contributed by atoms with Crippen LogP contribution in [-0.2, 0) is 16.0 Å². The van der Waals surface area contributed by atoms with Gasteiger partial charge >= 0.3 is 5.97 Å². The molecule has 120 valence electrons. The predicted molar refractivity (Wildman–Crippen MR) is 88.7 cm³/mol. The number of hydrogen-bond donors (Lipinski definition) is 1. The maximum Gasteiger partial charge on any atom is 0.303 e. The van der Waals surface area contributed by atoms with E-state index in [9.17, 15) is 9.59 Å². The van der Waals surface area contributed by atoms with E-state index >= 15 is 0 Å². The lowest BCUT2D eigenvalue weighted by molar-refractivity contribution is -0.140. The van der Waals surface area contributed by atoms with Gasteiger partial charge in [-0.25, -0.2) is 0 Å². The van der Waals surface area contributed by atoms with Gasteiger partial charge in [-0.3, -0.25) is 9.59 Å². The van der Waals surface area contributed by atoms with E-state index in [0.29, 0.717) is 12.8 Å². The molecule has 5 heteroatoms. The Balaban J connectivity index is 1.88. The Hall–Kier alpha value is -1.36. The normalized spacial score (nSPS) is 18.2. The molecule has 1 aliphatic rings. The van der Waals surface area contributed by atoms with Crippen molar-refractivity contribution in [3.05, 3.63) is 34.3 Å². The number of carboxylic acids is 1. The fraction of sp³-hybridized carbons (Fsp3) is 0.529. The fourth-order valence-electron chi connectivity index (χ4n) is 2.97. The average molecular weight is 368 g/mol. The summed E-state index contributed by atoms with van der Waals surface area (Å²) in [6, 6.07) is 8.11. The van der Waals surface area contributed by atoms with Crippen LogP contribution in [-0.4, -0.2) is 34.5 Å². The highest BCUT2D eigenvalue weighted by atomic mass is 79.9. The van der Waals surface area contributed by atoms with E-state index in [1.807, 2.05) is 29.2 Å². The molecule has 22 heavy (non-hydrogen) atoms. The maximum absolute atomic E-state index is 12.5. The molecule has 1 atom stereocenters. The van der Waals surface area contributed by atoms with Crippen molar-refractivity contribution in [2.45, 2.75) is 51.0 Å². The van der Waals surface area contributed by atoms with Crippen LogP contribution in [0.25, 0.3) is 0 Å². The molecule has 1 heterocycles. The number of nitrogens with zero attached hydrogens (tertiary/aromatic N) is 1. The highest BCUT2D eigenvalue weighted by Crippen LogP contribution is 2.22. The van der Waals surface area contributed by atoms with Gasteiger partial charge < -0.3 is 10.0 Å². The van der Waals surface area contributed by atoms with E-state index in [2.05, 4.69) is 15.9 Å². The first-order chi connectivity index (χ1) is 10.6. The number of rotatable bonds is 6. The van der Waals surface area contributed by atoms with Gasteiger partial charge in [0.2, 0.25) is 5.91 Å². The van der Waals surface area contributed by atoms with Crippen LogP contribution in [0, 0.1) is 0 Å². The summed E-state index contributed by atoms with van der Waals surface area (Å²) in [5.74, 6) is -0.633. The number of carbonyl (C=O) groups is 2. The third-order valence-corrected chi connectivity index (χ3v) is 4.71. The minimum Gasteiger partial charge on any atom is -0.481 e. The fourth-order valence-corrected chi connectivity index (χ4v) is 3.23. The van der Waals surface area contributed by atoms with Gasteiger partial charge in [-0.05, 0) is 49.8 Å². The van der Waals surface area contributed by atoms with Crippen molar-refractivity contribution < 1.29 is 14.7 Å². The third kappa shape index (κ3) is 5.13. The summed E-state index contributed by atoms with van der Waals surface area (Å²) < 4.78 is 1.03. The van der Waals surface area contributed by atoms with Crippen molar-refractivity contribution in [2.75, 3.05) is 6.54 Å². The van der Waals surface area contributed by atoms with Crippen molar-refractivity contribution in [2.24, 2.45) is 0 Å². The van der Waals surface area contributed by atoms with Gasteiger partial charge in [-0.2, -0.15) is 0 Å². The number of carboxylic acid groups (broad SMARTS) is 1. The number of aryl methyl sites for hydroxylation is 1. The molecule has 1 aromatic rings. The average Bonchev–Trinajstić information content (AvgIpc) is 2.52.